The van der Waals surface area contributed by atoms with Crippen molar-refractivity contribution >= 4 is 33.3 Å². The van der Waals surface area contributed by atoms with Crippen molar-refractivity contribution in [1.82, 2.24) is 5.16 Å². The number of hydrogen-bond acceptors (Lipinski definition) is 4. The molecule has 1 heterocycles. The average Bonchev–Trinajstić information content (AvgIpc) is 2.77. The first-order chi connectivity index (χ1) is 9.15. The highest BCUT2D eigenvalue weighted by atomic mass is 79.9. The molecule has 0 fully saturated rings. The number of para-hydroxylation sites is 1. The van der Waals surface area contributed by atoms with E-state index < -0.39 is 0 Å². The zero-order valence-electron chi connectivity index (χ0n) is 10.4. The number of amides is 1. The van der Waals surface area contributed by atoms with Gasteiger partial charge in [0.25, 0.3) is 0 Å². The number of hydrogen-bond donors (Lipinski definition) is 2. The van der Waals surface area contributed by atoms with E-state index in [2.05, 4.69) is 31.7 Å². The van der Waals surface area contributed by atoms with Crippen molar-refractivity contribution in [1.29, 1.82) is 0 Å². The minimum absolute atomic E-state index is 0.104. The largest absolute Gasteiger partial charge is 0.384 e. The van der Waals surface area contributed by atoms with E-state index in [-0.39, 0.29) is 5.91 Å². The van der Waals surface area contributed by atoms with Crippen LogP contribution in [0.15, 0.2) is 39.3 Å². The molecule has 0 saturated heterocycles. The molecular weight excluding hydrogens is 310 g/mol. The Morgan fingerprint density at radius 1 is 1.42 bits per heavy atom. The summed E-state index contributed by atoms with van der Waals surface area (Å²) in [6, 6.07) is 9.45. The number of aromatic nitrogens is 1. The molecule has 0 aliphatic carbocycles. The Morgan fingerprint density at radius 3 is 2.89 bits per heavy atom. The fourth-order valence-electron chi connectivity index (χ4n) is 1.55. The number of benzene rings is 1. The zero-order valence-corrected chi connectivity index (χ0v) is 12.0. The molecule has 0 radical (unpaired) electrons. The van der Waals surface area contributed by atoms with Gasteiger partial charge in [-0.05, 0) is 35.0 Å². The molecule has 1 amide bonds. The quantitative estimate of drug-likeness (QED) is 0.886. The summed E-state index contributed by atoms with van der Waals surface area (Å²) in [6.45, 7) is 2.32. The van der Waals surface area contributed by atoms with Crippen molar-refractivity contribution < 1.29 is 9.32 Å². The number of carbonyl (C=O) groups excluding carboxylic acids is 1. The van der Waals surface area contributed by atoms with Crippen LogP contribution < -0.4 is 10.6 Å². The number of carbonyl (C=O) groups is 1. The fourth-order valence-corrected chi connectivity index (χ4v) is 1.97. The van der Waals surface area contributed by atoms with Crippen LogP contribution in [0.5, 0.6) is 0 Å². The first kappa shape index (κ1) is 13.6. The molecule has 0 atom stereocenters. The predicted molar refractivity (Wildman–Crippen MR) is 77.1 cm³/mol. The number of halogens is 1. The van der Waals surface area contributed by atoms with Crippen LogP contribution in [0.3, 0.4) is 0 Å². The standard InChI is InChI=1S/C13H14BrN3O2/c1-9-8-12(17-19-9)16-13(18)6-7-15-11-5-3-2-4-10(11)14/h2-5,8,15H,6-7H2,1H3,(H,16,17,18). The lowest BCUT2D eigenvalue weighted by molar-refractivity contribution is -0.116. The molecular formula is C13H14BrN3O2. The predicted octanol–water partition coefficient (Wildman–Crippen LogP) is 3.19. The summed E-state index contributed by atoms with van der Waals surface area (Å²) in [5.41, 5.74) is 0.965. The van der Waals surface area contributed by atoms with E-state index in [1.165, 1.54) is 0 Å². The molecule has 19 heavy (non-hydrogen) atoms. The van der Waals surface area contributed by atoms with E-state index in [9.17, 15) is 4.79 Å². The lowest BCUT2D eigenvalue weighted by Crippen LogP contribution is -2.16. The highest BCUT2D eigenvalue weighted by Crippen LogP contribution is 2.20. The fraction of sp³-hybridized carbons (Fsp3) is 0.231. The number of nitrogens with one attached hydrogen (secondary N) is 2. The van der Waals surface area contributed by atoms with Gasteiger partial charge in [0.05, 0.1) is 0 Å². The molecule has 2 N–H and O–H groups in total. The second kappa shape index (κ2) is 6.38. The molecule has 6 heteroatoms. The third-order valence-electron chi connectivity index (χ3n) is 2.44. The lowest BCUT2D eigenvalue weighted by atomic mass is 10.3. The first-order valence-electron chi connectivity index (χ1n) is 5.87. The van der Waals surface area contributed by atoms with Crippen molar-refractivity contribution in [2.45, 2.75) is 13.3 Å². The van der Waals surface area contributed by atoms with Crippen molar-refractivity contribution in [3.63, 3.8) is 0 Å². The highest BCUT2D eigenvalue weighted by Gasteiger charge is 2.06. The number of anilines is 2. The molecule has 1 aromatic carbocycles. The topological polar surface area (TPSA) is 67.2 Å². The molecule has 1 aromatic heterocycles. The third-order valence-corrected chi connectivity index (χ3v) is 3.13. The zero-order chi connectivity index (χ0) is 13.7. The minimum Gasteiger partial charge on any atom is -0.384 e. The maximum atomic E-state index is 11.7. The van der Waals surface area contributed by atoms with Crippen LogP contribution in [0.2, 0.25) is 0 Å². The van der Waals surface area contributed by atoms with Gasteiger partial charge in [-0.3, -0.25) is 4.79 Å². The summed E-state index contributed by atoms with van der Waals surface area (Å²) < 4.78 is 5.84. The van der Waals surface area contributed by atoms with Crippen LogP contribution in [0.4, 0.5) is 11.5 Å². The third kappa shape index (κ3) is 4.10. The van der Waals surface area contributed by atoms with Crippen LogP contribution in [-0.2, 0) is 4.79 Å². The van der Waals surface area contributed by atoms with Gasteiger partial charge in [-0.1, -0.05) is 17.3 Å². The summed E-state index contributed by atoms with van der Waals surface area (Å²) in [5.74, 6) is 1.01. The van der Waals surface area contributed by atoms with E-state index in [1.54, 1.807) is 13.0 Å². The van der Waals surface area contributed by atoms with E-state index >= 15 is 0 Å². The molecule has 2 rings (SSSR count). The normalized spacial score (nSPS) is 10.2. The number of aryl methyl sites for hydroxylation is 1. The Balaban J connectivity index is 1.77. The van der Waals surface area contributed by atoms with Gasteiger partial charge in [0, 0.05) is 29.2 Å². The van der Waals surface area contributed by atoms with Gasteiger partial charge >= 0.3 is 0 Å². The van der Waals surface area contributed by atoms with Gasteiger partial charge in [-0.25, -0.2) is 0 Å². The van der Waals surface area contributed by atoms with Crippen molar-refractivity contribution in [3.05, 3.63) is 40.6 Å². The monoisotopic (exact) mass is 323 g/mol. The molecule has 100 valence electrons. The Hall–Kier alpha value is -1.82. The van der Waals surface area contributed by atoms with Gasteiger partial charge in [0.1, 0.15) is 5.76 Å². The van der Waals surface area contributed by atoms with E-state index in [0.717, 1.165) is 10.2 Å². The van der Waals surface area contributed by atoms with Gasteiger partial charge in [0.15, 0.2) is 5.82 Å². The molecule has 0 unspecified atom stereocenters. The summed E-state index contributed by atoms with van der Waals surface area (Å²) in [5, 5.41) is 9.55. The summed E-state index contributed by atoms with van der Waals surface area (Å²) >= 11 is 3.43. The van der Waals surface area contributed by atoms with Gasteiger partial charge in [-0.2, -0.15) is 0 Å². The summed E-state index contributed by atoms with van der Waals surface area (Å²) in [6.07, 6.45) is 0.354. The maximum absolute atomic E-state index is 11.7. The Kier molecular flexibility index (Phi) is 4.57. The molecule has 5 nitrogen and oxygen atoms in total. The highest BCUT2D eigenvalue weighted by molar-refractivity contribution is 9.10. The lowest BCUT2D eigenvalue weighted by Gasteiger charge is -2.07. The van der Waals surface area contributed by atoms with E-state index in [4.69, 9.17) is 4.52 Å². The number of nitrogens with zero attached hydrogens (tertiary/aromatic N) is 1. The molecule has 0 aliphatic heterocycles. The van der Waals surface area contributed by atoms with Crippen LogP contribution in [0.25, 0.3) is 0 Å². The SMILES string of the molecule is Cc1cc(NC(=O)CCNc2ccccc2Br)no1. The second-order valence-corrected chi connectivity index (χ2v) is 4.88. The Bertz CT molecular complexity index is 569. The average molecular weight is 324 g/mol. The van der Waals surface area contributed by atoms with Crippen molar-refractivity contribution in [2.24, 2.45) is 0 Å². The Morgan fingerprint density at radius 2 is 2.21 bits per heavy atom. The molecule has 0 bridgehead atoms. The van der Waals surface area contributed by atoms with Gasteiger partial charge < -0.3 is 15.2 Å². The van der Waals surface area contributed by atoms with Gasteiger partial charge in [-0.15, -0.1) is 0 Å². The van der Waals surface area contributed by atoms with E-state index in [1.807, 2.05) is 24.3 Å². The summed E-state index contributed by atoms with van der Waals surface area (Å²) in [4.78, 5) is 11.7. The number of rotatable bonds is 5. The molecule has 0 aliphatic rings. The smallest absolute Gasteiger partial charge is 0.227 e. The second-order valence-electron chi connectivity index (χ2n) is 4.03. The van der Waals surface area contributed by atoms with Crippen LogP contribution >= 0.6 is 15.9 Å². The van der Waals surface area contributed by atoms with Crippen LogP contribution in [-0.4, -0.2) is 17.6 Å². The van der Waals surface area contributed by atoms with Gasteiger partial charge in [0.2, 0.25) is 5.91 Å². The molecule has 0 spiro atoms. The van der Waals surface area contributed by atoms with Crippen LogP contribution in [0.1, 0.15) is 12.2 Å². The van der Waals surface area contributed by atoms with E-state index in [0.29, 0.717) is 24.5 Å². The van der Waals surface area contributed by atoms with Crippen molar-refractivity contribution in [3.8, 4) is 0 Å². The maximum Gasteiger partial charge on any atom is 0.227 e. The van der Waals surface area contributed by atoms with Crippen LogP contribution in [0, 0.1) is 6.92 Å². The molecule has 0 saturated carbocycles. The Labute approximate surface area is 119 Å². The van der Waals surface area contributed by atoms with Crippen molar-refractivity contribution in [2.75, 3.05) is 17.2 Å². The minimum atomic E-state index is -0.104. The first-order valence-corrected chi connectivity index (χ1v) is 6.66. The molecule has 2 aromatic rings. The summed E-state index contributed by atoms with van der Waals surface area (Å²) in [7, 11) is 0.